The van der Waals surface area contributed by atoms with Crippen LogP contribution in [0.5, 0.6) is 11.5 Å². The van der Waals surface area contributed by atoms with Crippen LogP contribution in [0.25, 0.3) is 23.3 Å². The third-order valence-corrected chi connectivity index (χ3v) is 12.1. The summed E-state index contributed by atoms with van der Waals surface area (Å²) >= 11 is 0. The standard InChI is InChI=1S/C54H71N6O2/c1-6-7-8-9-10-11-12-13-14-15-37-61-47-26-18-41(19-27-47)53-49-30-22-43(55-49)39-45-24-32-51(57-45)54(52-33-25-46(58-52)40-44-23-31-50(53)56-44)42-20-28-48(29-21-42)62-38-17-36-60(4,5)35-16-34-59(2)3/h18-33,39-40,55-58H,6-17,34-38H2,1-5H3/q+1. The Kier molecular flexibility index (Phi) is 15.9. The summed E-state index contributed by atoms with van der Waals surface area (Å²) in [7, 11) is 8.92. The Labute approximate surface area is 369 Å². The first-order valence-electron chi connectivity index (χ1n) is 23.4. The van der Waals surface area contributed by atoms with E-state index >= 15 is 0 Å². The summed E-state index contributed by atoms with van der Waals surface area (Å²) in [5.74, 6) is 1.81. The normalized spacial score (nSPS) is 12.7. The van der Waals surface area contributed by atoms with Gasteiger partial charge in [0, 0.05) is 74.7 Å². The zero-order valence-electron chi connectivity index (χ0n) is 38.1. The number of H-pyrrole nitrogens is 4. The van der Waals surface area contributed by atoms with Crippen molar-refractivity contribution < 1.29 is 14.0 Å². The van der Waals surface area contributed by atoms with Crippen molar-refractivity contribution in [2.75, 3.05) is 61.0 Å². The molecule has 0 saturated heterocycles. The van der Waals surface area contributed by atoms with Crippen LogP contribution in [0, 0.1) is 0 Å². The maximum absolute atomic E-state index is 6.24. The highest BCUT2D eigenvalue weighted by atomic mass is 16.5. The molecule has 2 aromatic carbocycles. The largest absolute Gasteiger partial charge is 0.494 e. The molecule has 8 nitrogen and oxygen atoms in total. The number of hydrogen-bond acceptors (Lipinski definition) is 3. The van der Waals surface area contributed by atoms with Crippen LogP contribution in [0.1, 0.15) is 118 Å². The van der Waals surface area contributed by atoms with Crippen LogP contribution in [0.15, 0.2) is 97.1 Å². The van der Waals surface area contributed by atoms with Crippen LogP contribution in [-0.4, -0.2) is 90.4 Å². The minimum Gasteiger partial charge on any atom is -0.494 e. The van der Waals surface area contributed by atoms with Crippen molar-refractivity contribution in [2.45, 2.75) is 84.0 Å². The summed E-state index contributed by atoms with van der Waals surface area (Å²) in [5.41, 5.74) is 8.56. The Morgan fingerprint density at radius 1 is 0.468 bits per heavy atom. The third kappa shape index (κ3) is 12.8. The van der Waals surface area contributed by atoms with Crippen molar-refractivity contribution in [3.8, 4) is 11.5 Å². The molecule has 0 saturated carbocycles. The van der Waals surface area contributed by atoms with Crippen molar-refractivity contribution in [1.29, 1.82) is 0 Å². The number of rotatable bonds is 23. The molecule has 8 bridgehead atoms. The van der Waals surface area contributed by atoms with E-state index in [4.69, 9.17) is 9.47 Å². The van der Waals surface area contributed by atoms with Gasteiger partial charge in [-0.3, -0.25) is 0 Å². The molecule has 4 aromatic heterocycles. The molecule has 328 valence electrons. The van der Waals surface area contributed by atoms with Crippen molar-refractivity contribution in [3.63, 3.8) is 0 Å². The molecule has 8 heteroatoms. The Morgan fingerprint density at radius 2 is 0.919 bits per heavy atom. The number of unbranched alkanes of at least 4 members (excludes halogenated alkanes) is 9. The highest BCUT2D eigenvalue weighted by molar-refractivity contribution is 5.79. The maximum atomic E-state index is 6.24. The van der Waals surface area contributed by atoms with E-state index in [2.05, 4.69) is 169 Å². The first-order chi connectivity index (χ1) is 30.2. The molecule has 0 spiro atoms. The number of nitrogens with zero attached hydrogens (tertiary/aromatic N) is 2. The average molecular weight is 836 g/mol. The monoisotopic (exact) mass is 836 g/mol. The van der Waals surface area contributed by atoms with Gasteiger partial charge in [0.15, 0.2) is 0 Å². The summed E-state index contributed by atoms with van der Waals surface area (Å²) in [6, 6.07) is 34.4. The molecule has 1 aliphatic rings. The highest BCUT2D eigenvalue weighted by Crippen LogP contribution is 2.25. The van der Waals surface area contributed by atoms with Gasteiger partial charge < -0.3 is 38.8 Å². The highest BCUT2D eigenvalue weighted by Gasteiger charge is 2.16. The van der Waals surface area contributed by atoms with Crippen molar-refractivity contribution in [1.82, 2.24) is 24.8 Å². The molecule has 0 atom stereocenters. The maximum Gasteiger partial charge on any atom is 0.119 e. The zero-order chi connectivity index (χ0) is 43.2. The van der Waals surface area contributed by atoms with Gasteiger partial charge in [-0.2, -0.15) is 0 Å². The van der Waals surface area contributed by atoms with Crippen LogP contribution in [0.4, 0.5) is 0 Å². The number of quaternary nitrogens is 1. The summed E-state index contributed by atoms with van der Waals surface area (Å²) < 4.78 is 13.5. The van der Waals surface area contributed by atoms with E-state index in [1.165, 1.54) is 70.8 Å². The molecule has 0 amide bonds. The Bertz CT molecular complexity index is 2530. The van der Waals surface area contributed by atoms with E-state index in [1.54, 1.807) is 0 Å². The van der Waals surface area contributed by atoms with Gasteiger partial charge in [-0.1, -0.05) is 89.0 Å². The fourth-order valence-electron chi connectivity index (χ4n) is 8.64. The Balaban J connectivity index is 1.06. The fraction of sp³-hybridized carbons (Fsp3) is 0.407. The molecule has 5 heterocycles. The van der Waals surface area contributed by atoms with Gasteiger partial charge in [0.1, 0.15) is 11.5 Å². The molecule has 62 heavy (non-hydrogen) atoms. The van der Waals surface area contributed by atoms with E-state index in [9.17, 15) is 0 Å². The van der Waals surface area contributed by atoms with E-state index in [0.717, 1.165) is 115 Å². The van der Waals surface area contributed by atoms with Crippen molar-refractivity contribution in [3.05, 3.63) is 152 Å². The minimum atomic E-state index is 0.706. The lowest BCUT2D eigenvalue weighted by Gasteiger charge is -2.30. The number of ether oxygens (including phenoxy) is 2. The molecular formula is C54H71N6O2+. The Hall–Kier alpha value is -5.44. The van der Waals surface area contributed by atoms with Gasteiger partial charge >= 0.3 is 0 Å². The van der Waals surface area contributed by atoms with E-state index in [1.807, 2.05) is 0 Å². The first-order valence-corrected chi connectivity index (χ1v) is 23.4. The average Bonchev–Trinajstić information content (AvgIpc) is 4.10. The lowest BCUT2D eigenvalue weighted by Crippen LogP contribution is -2.42. The third-order valence-electron chi connectivity index (χ3n) is 12.1. The van der Waals surface area contributed by atoms with E-state index in [-0.39, 0.29) is 0 Å². The molecule has 0 unspecified atom stereocenters. The number of hydrogen-bond donors (Lipinski definition) is 4. The molecule has 7 rings (SSSR count). The molecule has 1 aliphatic heterocycles. The predicted molar refractivity (Wildman–Crippen MR) is 257 cm³/mol. The molecule has 0 fully saturated rings. The second kappa shape index (κ2) is 22.1. The fourth-order valence-corrected chi connectivity index (χ4v) is 8.64. The van der Waals surface area contributed by atoms with Gasteiger partial charge in [-0.25, -0.2) is 0 Å². The van der Waals surface area contributed by atoms with E-state index < -0.39 is 0 Å². The second-order valence-corrected chi connectivity index (χ2v) is 18.2. The van der Waals surface area contributed by atoms with Crippen molar-refractivity contribution >= 4 is 23.3 Å². The van der Waals surface area contributed by atoms with Crippen LogP contribution in [0.3, 0.4) is 0 Å². The molecule has 6 aromatic rings. The van der Waals surface area contributed by atoms with Crippen LogP contribution in [-0.2, 0) is 0 Å². The summed E-state index contributed by atoms with van der Waals surface area (Å²) in [5, 5.41) is 4.12. The van der Waals surface area contributed by atoms with Gasteiger partial charge in [0.2, 0.25) is 0 Å². The van der Waals surface area contributed by atoms with Crippen molar-refractivity contribution in [2.24, 2.45) is 0 Å². The zero-order valence-corrected chi connectivity index (χ0v) is 38.1. The Morgan fingerprint density at radius 3 is 1.40 bits per heavy atom. The van der Waals surface area contributed by atoms with Crippen LogP contribution < -0.4 is 30.9 Å². The summed E-state index contributed by atoms with van der Waals surface area (Å²) in [6.45, 7) is 7.14. The number of fused-ring (bicyclic) bond motifs is 8. The minimum absolute atomic E-state index is 0.706. The summed E-state index contributed by atoms with van der Waals surface area (Å²) in [4.78, 5) is 17.1. The van der Waals surface area contributed by atoms with Gasteiger partial charge in [-0.15, -0.1) is 0 Å². The van der Waals surface area contributed by atoms with Gasteiger partial charge in [0.05, 0.1) is 40.4 Å². The SMILES string of the molecule is CCCCCCCCCCCCOc1ccc(C2=c3ccc([nH]3)=Cc3ccc([nH]3)C(c3ccc(OCCC[N+](C)(C)CCCN(C)C)cc3)=c3ccc([nH]3)=Cc3ccc2[nH]3)cc1. The number of nitrogens with one attached hydrogen (secondary N) is 4. The second-order valence-electron chi connectivity index (χ2n) is 18.2. The number of aromatic nitrogens is 4. The van der Waals surface area contributed by atoms with Crippen LogP contribution >= 0.6 is 0 Å². The summed E-state index contributed by atoms with van der Waals surface area (Å²) in [6.07, 6.45) is 19.8. The lowest BCUT2D eigenvalue weighted by atomic mass is 10.0. The number of aromatic amines is 4. The first kappa shape index (κ1) is 44.6. The molecule has 4 N–H and O–H groups in total. The smallest absolute Gasteiger partial charge is 0.119 e. The van der Waals surface area contributed by atoms with Crippen LogP contribution in [0.2, 0.25) is 0 Å². The molecule has 0 radical (unpaired) electrons. The predicted octanol–water partition coefficient (Wildman–Crippen LogP) is 8.56. The lowest BCUT2D eigenvalue weighted by molar-refractivity contribution is -0.890. The molecule has 0 aliphatic carbocycles. The molecular weight excluding hydrogens is 765 g/mol. The topological polar surface area (TPSA) is 84.9 Å². The quantitative estimate of drug-likeness (QED) is 0.0385. The van der Waals surface area contributed by atoms with Gasteiger partial charge in [0.25, 0.3) is 0 Å². The van der Waals surface area contributed by atoms with E-state index in [0.29, 0.717) is 6.61 Å². The number of benzene rings is 2. The van der Waals surface area contributed by atoms with Gasteiger partial charge in [-0.05, 0) is 117 Å².